The van der Waals surface area contributed by atoms with E-state index in [1.807, 2.05) is 30.2 Å². The average Bonchev–Trinajstić information content (AvgIpc) is 3.38. The second-order valence-corrected chi connectivity index (χ2v) is 6.72. The van der Waals surface area contributed by atoms with Crippen molar-refractivity contribution in [2.45, 2.75) is 45.7 Å². The Morgan fingerprint density at radius 2 is 2.15 bits per heavy atom. The van der Waals surface area contributed by atoms with Gasteiger partial charge in [-0.25, -0.2) is 9.97 Å². The SMILES string of the molecule is CCCc1nc2cccnc2n1C1CCN(C(=O)c2ccnn2CC)C1. The molecule has 0 radical (unpaired) electrons. The van der Waals surface area contributed by atoms with Crippen molar-refractivity contribution in [2.24, 2.45) is 0 Å². The van der Waals surface area contributed by atoms with Crippen LogP contribution in [0.2, 0.25) is 0 Å². The standard InChI is InChI=1S/C19H24N6O/c1-3-6-17-22-15-7-5-10-20-18(15)25(17)14-9-12-23(13-14)19(26)16-8-11-21-24(16)4-2/h5,7-8,10-11,14H,3-4,6,9,12-13H2,1-2H3. The Kier molecular flexibility index (Phi) is 4.44. The fraction of sp³-hybridized carbons (Fsp3) is 0.474. The van der Waals surface area contributed by atoms with Crippen LogP contribution < -0.4 is 0 Å². The largest absolute Gasteiger partial charge is 0.335 e. The van der Waals surface area contributed by atoms with Crippen molar-refractivity contribution in [3.8, 4) is 0 Å². The average molecular weight is 352 g/mol. The summed E-state index contributed by atoms with van der Waals surface area (Å²) in [5.41, 5.74) is 2.52. The summed E-state index contributed by atoms with van der Waals surface area (Å²) in [5.74, 6) is 1.13. The Morgan fingerprint density at radius 1 is 1.27 bits per heavy atom. The second kappa shape index (κ2) is 6.90. The monoisotopic (exact) mass is 352 g/mol. The van der Waals surface area contributed by atoms with E-state index in [2.05, 4.69) is 21.6 Å². The molecule has 4 rings (SSSR count). The lowest BCUT2D eigenvalue weighted by Gasteiger charge is -2.19. The van der Waals surface area contributed by atoms with Gasteiger partial charge in [-0.2, -0.15) is 5.10 Å². The van der Waals surface area contributed by atoms with Gasteiger partial charge in [-0.05, 0) is 38.0 Å². The van der Waals surface area contributed by atoms with Gasteiger partial charge in [-0.1, -0.05) is 6.92 Å². The third-order valence-electron chi connectivity index (χ3n) is 5.05. The topological polar surface area (TPSA) is 68.8 Å². The molecule has 7 heteroatoms. The molecule has 4 heterocycles. The molecular weight excluding hydrogens is 328 g/mol. The first-order chi connectivity index (χ1) is 12.7. The fourth-order valence-corrected chi connectivity index (χ4v) is 3.83. The second-order valence-electron chi connectivity index (χ2n) is 6.72. The number of nitrogens with zero attached hydrogens (tertiary/aromatic N) is 6. The molecule has 0 saturated carbocycles. The number of likely N-dealkylation sites (tertiary alicyclic amines) is 1. The van der Waals surface area contributed by atoms with E-state index in [1.54, 1.807) is 16.9 Å². The lowest BCUT2D eigenvalue weighted by Crippen LogP contribution is -2.31. The van der Waals surface area contributed by atoms with E-state index < -0.39 is 0 Å². The van der Waals surface area contributed by atoms with Crippen molar-refractivity contribution in [2.75, 3.05) is 13.1 Å². The number of aromatic nitrogens is 5. The summed E-state index contributed by atoms with van der Waals surface area (Å²) in [6.07, 6.45) is 6.38. The van der Waals surface area contributed by atoms with E-state index in [0.717, 1.165) is 42.8 Å². The molecule has 1 saturated heterocycles. The van der Waals surface area contributed by atoms with Crippen molar-refractivity contribution in [1.29, 1.82) is 0 Å². The molecular formula is C19H24N6O. The number of rotatable bonds is 5. The lowest BCUT2D eigenvalue weighted by atomic mass is 10.2. The van der Waals surface area contributed by atoms with Gasteiger partial charge in [-0.15, -0.1) is 0 Å². The first-order valence-corrected chi connectivity index (χ1v) is 9.35. The third kappa shape index (κ3) is 2.77. The summed E-state index contributed by atoms with van der Waals surface area (Å²) in [7, 11) is 0. The summed E-state index contributed by atoms with van der Waals surface area (Å²) >= 11 is 0. The molecule has 1 unspecified atom stereocenters. The van der Waals surface area contributed by atoms with E-state index in [0.29, 0.717) is 18.8 Å². The molecule has 136 valence electrons. The summed E-state index contributed by atoms with van der Waals surface area (Å²) in [6, 6.07) is 5.95. The smallest absolute Gasteiger partial charge is 0.272 e. The summed E-state index contributed by atoms with van der Waals surface area (Å²) < 4.78 is 4.01. The van der Waals surface area contributed by atoms with Crippen LogP contribution >= 0.6 is 0 Å². The molecule has 0 aliphatic carbocycles. The maximum Gasteiger partial charge on any atom is 0.272 e. The number of carbonyl (C=O) groups is 1. The van der Waals surface area contributed by atoms with E-state index in [4.69, 9.17) is 4.98 Å². The Hall–Kier alpha value is -2.70. The predicted octanol–water partition coefficient (Wildman–Crippen LogP) is 2.69. The minimum atomic E-state index is 0.0567. The zero-order chi connectivity index (χ0) is 18.1. The number of hydrogen-bond donors (Lipinski definition) is 0. The van der Waals surface area contributed by atoms with Crippen LogP contribution in [-0.2, 0) is 13.0 Å². The molecule has 1 aliphatic heterocycles. The highest BCUT2D eigenvalue weighted by molar-refractivity contribution is 5.92. The van der Waals surface area contributed by atoms with Gasteiger partial charge >= 0.3 is 0 Å². The number of imidazole rings is 1. The molecule has 0 N–H and O–H groups in total. The zero-order valence-electron chi connectivity index (χ0n) is 15.3. The highest BCUT2D eigenvalue weighted by Crippen LogP contribution is 2.28. The Balaban J connectivity index is 1.62. The minimum absolute atomic E-state index is 0.0567. The molecule has 3 aromatic rings. The van der Waals surface area contributed by atoms with Crippen molar-refractivity contribution in [3.63, 3.8) is 0 Å². The van der Waals surface area contributed by atoms with Gasteiger partial charge in [0.05, 0.1) is 6.04 Å². The van der Waals surface area contributed by atoms with Gasteiger partial charge in [0.25, 0.3) is 5.91 Å². The molecule has 1 amide bonds. The van der Waals surface area contributed by atoms with Gasteiger partial charge in [0.1, 0.15) is 17.0 Å². The van der Waals surface area contributed by atoms with Crippen LogP contribution in [0.1, 0.15) is 49.0 Å². The quantitative estimate of drug-likeness (QED) is 0.708. The van der Waals surface area contributed by atoms with Crippen molar-refractivity contribution < 1.29 is 4.79 Å². The molecule has 7 nitrogen and oxygen atoms in total. The number of carbonyl (C=O) groups excluding carboxylic acids is 1. The lowest BCUT2D eigenvalue weighted by molar-refractivity contribution is 0.0775. The van der Waals surface area contributed by atoms with Crippen LogP contribution in [0.4, 0.5) is 0 Å². The van der Waals surface area contributed by atoms with Crippen molar-refractivity contribution in [1.82, 2.24) is 29.2 Å². The van der Waals surface area contributed by atoms with E-state index in [9.17, 15) is 4.79 Å². The van der Waals surface area contributed by atoms with Crippen LogP contribution in [0, 0.1) is 0 Å². The van der Waals surface area contributed by atoms with Crippen LogP contribution in [0.15, 0.2) is 30.6 Å². The van der Waals surface area contributed by atoms with Gasteiger partial charge in [0.15, 0.2) is 5.65 Å². The first-order valence-electron chi connectivity index (χ1n) is 9.35. The van der Waals surface area contributed by atoms with E-state index in [1.165, 1.54) is 0 Å². The molecule has 0 spiro atoms. The van der Waals surface area contributed by atoms with Crippen LogP contribution in [0.3, 0.4) is 0 Å². The van der Waals surface area contributed by atoms with E-state index >= 15 is 0 Å². The van der Waals surface area contributed by atoms with E-state index in [-0.39, 0.29) is 11.9 Å². The maximum atomic E-state index is 12.9. The minimum Gasteiger partial charge on any atom is -0.335 e. The molecule has 3 aromatic heterocycles. The predicted molar refractivity (Wildman–Crippen MR) is 99.0 cm³/mol. The van der Waals surface area contributed by atoms with Crippen molar-refractivity contribution >= 4 is 17.1 Å². The van der Waals surface area contributed by atoms with Crippen LogP contribution in [-0.4, -0.2) is 48.2 Å². The Bertz CT molecular complexity index is 927. The molecule has 0 aromatic carbocycles. The molecule has 26 heavy (non-hydrogen) atoms. The third-order valence-corrected chi connectivity index (χ3v) is 5.05. The summed E-state index contributed by atoms with van der Waals surface area (Å²) in [6.45, 7) is 6.29. The molecule has 1 aliphatic rings. The van der Waals surface area contributed by atoms with Gasteiger partial charge in [0.2, 0.25) is 0 Å². The fourth-order valence-electron chi connectivity index (χ4n) is 3.83. The zero-order valence-corrected chi connectivity index (χ0v) is 15.3. The number of amides is 1. The summed E-state index contributed by atoms with van der Waals surface area (Å²) in [4.78, 5) is 24.2. The number of hydrogen-bond acceptors (Lipinski definition) is 4. The van der Waals surface area contributed by atoms with Gasteiger partial charge < -0.3 is 9.47 Å². The normalized spacial score (nSPS) is 17.3. The first kappa shape index (κ1) is 16.8. The molecule has 1 atom stereocenters. The molecule has 1 fully saturated rings. The Morgan fingerprint density at radius 3 is 2.96 bits per heavy atom. The Labute approximate surface area is 152 Å². The van der Waals surface area contributed by atoms with Crippen LogP contribution in [0.5, 0.6) is 0 Å². The van der Waals surface area contributed by atoms with Gasteiger partial charge in [0, 0.05) is 38.4 Å². The highest BCUT2D eigenvalue weighted by Gasteiger charge is 2.31. The summed E-state index contributed by atoms with van der Waals surface area (Å²) in [5, 5.41) is 4.22. The maximum absolute atomic E-state index is 12.9. The number of aryl methyl sites for hydroxylation is 2. The van der Waals surface area contributed by atoms with Crippen LogP contribution in [0.25, 0.3) is 11.2 Å². The molecule has 0 bridgehead atoms. The van der Waals surface area contributed by atoms with Gasteiger partial charge in [-0.3, -0.25) is 9.48 Å². The van der Waals surface area contributed by atoms with Crippen molar-refractivity contribution in [3.05, 3.63) is 42.1 Å². The highest BCUT2D eigenvalue weighted by atomic mass is 16.2. The number of fused-ring (bicyclic) bond motifs is 1. The number of pyridine rings is 1.